The SMILES string of the molecule is Cc1cccc2nc(C(=O)O[C@@H](C)C(=O)Nc3ccccc3OC(F)F)cn12. The molecule has 0 saturated heterocycles. The molecule has 2 aromatic heterocycles. The number of aryl methyl sites for hydroxylation is 1. The van der Waals surface area contributed by atoms with E-state index in [2.05, 4.69) is 15.0 Å². The first kappa shape index (κ1) is 19.3. The lowest BCUT2D eigenvalue weighted by Gasteiger charge is -2.15. The van der Waals surface area contributed by atoms with Crippen LogP contribution in [0.25, 0.3) is 5.65 Å². The summed E-state index contributed by atoms with van der Waals surface area (Å²) in [6.45, 7) is 0.190. The van der Waals surface area contributed by atoms with Crippen LogP contribution in [0.5, 0.6) is 5.75 Å². The normalized spacial score (nSPS) is 12.0. The van der Waals surface area contributed by atoms with Gasteiger partial charge >= 0.3 is 12.6 Å². The molecule has 2 heterocycles. The van der Waals surface area contributed by atoms with Crippen LogP contribution in [-0.2, 0) is 9.53 Å². The molecular weight excluding hydrogens is 372 g/mol. The standard InChI is InChI=1S/C19H17F2N3O4/c1-11-6-5-9-16-22-14(10-24(11)16)18(26)27-12(2)17(25)23-13-7-3-4-8-15(13)28-19(20)21/h3-10,12,19H,1-2H3,(H,23,25)/t12-/m0/s1. The molecule has 146 valence electrons. The van der Waals surface area contributed by atoms with Crippen molar-refractivity contribution in [3.05, 3.63) is 60.0 Å². The molecule has 1 atom stereocenters. The number of halogens is 2. The fourth-order valence-electron chi connectivity index (χ4n) is 2.52. The second-order valence-electron chi connectivity index (χ2n) is 5.93. The van der Waals surface area contributed by atoms with E-state index in [1.165, 1.54) is 31.3 Å². The van der Waals surface area contributed by atoms with E-state index in [0.717, 1.165) is 5.69 Å². The monoisotopic (exact) mass is 389 g/mol. The summed E-state index contributed by atoms with van der Waals surface area (Å²) in [6.07, 6.45) is 0.335. The van der Waals surface area contributed by atoms with Crippen molar-refractivity contribution in [3.8, 4) is 5.75 Å². The highest BCUT2D eigenvalue weighted by Gasteiger charge is 2.22. The molecule has 0 aliphatic carbocycles. The number of carbonyl (C=O) groups excluding carboxylic acids is 2. The van der Waals surface area contributed by atoms with Gasteiger partial charge in [-0.2, -0.15) is 8.78 Å². The molecule has 0 fully saturated rings. The molecule has 28 heavy (non-hydrogen) atoms. The molecule has 0 spiro atoms. The Kier molecular flexibility index (Phi) is 5.53. The van der Waals surface area contributed by atoms with Crippen molar-refractivity contribution < 1.29 is 27.8 Å². The van der Waals surface area contributed by atoms with Gasteiger partial charge in [0.15, 0.2) is 11.8 Å². The first-order valence-corrected chi connectivity index (χ1v) is 8.35. The fourth-order valence-corrected chi connectivity index (χ4v) is 2.52. The average molecular weight is 389 g/mol. The Balaban J connectivity index is 1.68. The molecule has 7 nitrogen and oxygen atoms in total. The van der Waals surface area contributed by atoms with Gasteiger partial charge in [0.05, 0.1) is 5.69 Å². The predicted molar refractivity (Wildman–Crippen MR) is 96.5 cm³/mol. The van der Waals surface area contributed by atoms with Gasteiger partial charge in [-0.25, -0.2) is 9.78 Å². The summed E-state index contributed by atoms with van der Waals surface area (Å²) in [5, 5.41) is 2.41. The highest BCUT2D eigenvalue weighted by atomic mass is 19.3. The molecular formula is C19H17F2N3O4. The smallest absolute Gasteiger partial charge is 0.387 e. The largest absolute Gasteiger partial charge is 0.448 e. The van der Waals surface area contributed by atoms with Crippen LogP contribution in [0.1, 0.15) is 23.1 Å². The average Bonchev–Trinajstić information content (AvgIpc) is 3.08. The topological polar surface area (TPSA) is 81.9 Å². The minimum absolute atomic E-state index is 0.0408. The molecule has 0 bridgehead atoms. The van der Waals surface area contributed by atoms with Crippen molar-refractivity contribution in [1.29, 1.82) is 0 Å². The lowest BCUT2D eigenvalue weighted by atomic mass is 10.2. The summed E-state index contributed by atoms with van der Waals surface area (Å²) < 4.78 is 36.1. The van der Waals surface area contributed by atoms with E-state index in [1.807, 2.05) is 19.1 Å². The van der Waals surface area contributed by atoms with Crippen molar-refractivity contribution in [2.24, 2.45) is 0 Å². The molecule has 3 rings (SSSR count). The molecule has 0 unspecified atom stereocenters. The van der Waals surface area contributed by atoms with Crippen molar-refractivity contribution in [3.63, 3.8) is 0 Å². The van der Waals surface area contributed by atoms with Crippen LogP contribution in [-0.4, -0.2) is 34.0 Å². The van der Waals surface area contributed by atoms with E-state index in [0.29, 0.717) is 5.65 Å². The van der Waals surface area contributed by atoms with Crippen molar-refractivity contribution >= 4 is 23.2 Å². The number of imidazole rings is 1. The number of pyridine rings is 1. The highest BCUT2D eigenvalue weighted by Crippen LogP contribution is 2.25. The zero-order valence-electron chi connectivity index (χ0n) is 15.1. The van der Waals surface area contributed by atoms with Gasteiger partial charge in [0, 0.05) is 11.9 Å². The highest BCUT2D eigenvalue weighted by molar-refractivity contribution is 5.97. The summed E-state index contributed by atoms with van der Waals surface area (Å²) in [5.74, 6) is -1.67. The summed E-state index contributed by atoms with van der Waals surface area (Å²) in [6, 6.07) is 11.1. The van der Waals surface area contributed by atoms with Gasteiger partial charge in [-0.3, -0.25) is 4.79 Å². The molecule has 1 amide bonds. The van der Waals surface area contributed by atoms with Gasteiger partial charge in [-0.15, -0.1) is 0 Å². The molecule has 0 saturated carbocycles. The van der Waals surface area contributed by atoms with Gasteiger partial charge in [-0.1, -0.05) is 18.2 Å². The minimum atomic E-state index is -3.04. The number of nitrogens with zero attached hydrogens (tertiary/aromatic N) is 2. The van der Waals surface area contributed by atoms with Crippen LogP contribution in [0.4, 0.5) is 14.5 Å². The minimum Gasteiger partial charge on any atom is -0.448 e. The van der Waals surface area contributed by atoms with Crippen LogP contribution in [0.15, 0.2) is 48.7 Å². The predicted octanol–water partition coefficient (Wildman–Crippen LogP) is 3.43. The van der Waals surface area contributed by atoms with Crippen LogP contribution < -0.4 is 10.1 Å². The van der Waals surface area contributed by atoms with Crippen molar-refractivity contribution in [2.45, 2.75) is 26.6 Å². The number of anilines is 1. The summed E-state index contributed by atoms with van der Waals surface area (Å²) in [5.41, 5.74) is 1.54. The van der Waals surface area contributed by atoms with E-state index >= 15 is 0 Å². The maximum atomic E-state index is 12.5. The van der Waals surface area contributed by atoms with Gasteiger partial charge in [0.1, 0.15) is 11.4 Å². The van der Waals surface area contributed by atoms with E-state index in [1.54, 1.807) is 16.5 Å². The maximum Gasteiger partial charge on any atom is 0.387 e. The number of hydrogen-bond donors (Lipinski definition) is 1. The third-order valence-corrected chi connectivity index (χ3v) is 3.92. The van der Waals surface area contributed by atoms with Crippen LogP contribution in [0.2, 0.25) is 0 Å². The Hall–Kier alpha value is -3.49. The molecule has 3 aromatic rings. The number of aromatic nitrogens is 2. The summed E-state index contributed by atoms with van der Waals surface area (Å²) in [7, 11) is 0. The second-order valence-corrected chi connectivity index (χ2v) is 5.93. The fraction of sp³-hybridized carbons (Fsp3) is 0.211. The molecule has 9 heteroatoms. The Bertz CT molecular complexity index is 1020. The van der Waals surface area contributed by atoms with Gasteiger partial charge < -0.3 is 19.2 Å². The number of hydrogen-bond acceptors (Lipinski definition) is 5. The first-order chi connectivity index (χ1) is 13.3. The van der Waals surface area contributed by atoms with Crippen LogP contribution >= 0.6 is 0 Å². The Morgan fingerprint density at radius 1 is 1.14 bits per heavy atom. The third kappa shape index (κ3) is 4.25. The van der Waals surface area contributed by atoms with Gasteiger partial charge in [-0.05, 0) is 38.1 Å². The Labute approximate surface area is 158 Å². The third-order valence-electron chi connectivity index (χ3n) is 3.92. The number of nitrogens with one attached hydrogen (secondary N) is 1. The Morgan fingerprint density at radius 2 is 1.89 bits per heavy atom. The van der Waals surface area contributed by atoms with Crippen molar-refractivity contribution in [1.82, 2.24) is 9.38 Å². The number of ether oxygens (including phenoxy) is 2. The van der Waals surface area contributed by atoms with Gasteiger partial charge in [0.25, 0.3) is 5.91 Å². The number of alkyl halides is 2. The number of carbonyl (C=O) groups is 2. The van der Waals surface area contributed by atoms with E-state index in [9.17, 15) is 18.4 Å². The number of para-hydroxylation sites is 2. The molecule has 1 N–H and O–H groups in total. The number of benzene rings is 1. The quantitative estimate of drug-likeness (QED) is 0.653. The molecule has 0 aliphatic heterocycles. The number of rotatable bonds is 6. The second kappa shape index (κ2) is 8.03. The lowest BCUT2D eigenvalue weighted by molar-refractivity contribution is -0.123. The molecule has 0 aliphatic rings. The maximum absolute atomic E-state index is 12.5. The van der Waals surface area contributed by atoms with Crippen LogP contribution in [0.3, 0.4) is 0 Å². The van der Waals surface area contributed by atoms with E-state index < -0.39 is 24.6 Å². The summed E-state index contributed by atoms with van der Waals surface area (Å²) in [4.78, 5) is 28.8. The molecule has 0 radical (unpaired) electrons. The van der Waals surface area contributed by atoms with Gasteiger partial charge in [0.2, 0.25) is 0 Å². The number of amides is 1. The Morgan fingerprint density at radius 3 is 2.61 bits per heavy atom. The van der Waals surface area contributed by atoms with Crippen molar-refractivity contribution in [2.75, 3.05) is 5.32 Å². The number of fused-ring (bicyclic) bond motifs is 1. The molecule has 1 aromatic carbocycles. The van der Waals surface area contributed by atoms with Crippen LogP contribution in [0, 0.1) is 6.92 Å². The number of esters is 1. The first-order valence-electron chi connectivity index (χ1n) is 8.35. The zero-order chi connectivity index (χ0) is 20.3. The van der Waals surface area contributed by atoms with E-state index in [-0.39, 0.29) is 17.1 Å². The van der Waals surface area contributed by atoms with E-state index in [4.69, 9.17) is 4.74 Å². The zero-order valence-corrected chi connectivity index (χ0v) is 15.1. The lowest BCUT2D eigenvalue weighted by Crippen LogP contribution is -2.30. The summed E-state index contributed by atoms with van der Waals surface area (Å²) >= 11 is 0.